The zero-order valence-electron chi connectivity index (χ0n) is 14.2. The van der Waals surface area contributed by atoms with Crippen molar-refractivity contribution in [3.05, 3.63) is 0 Å². The third-order valence-corrected chi connectivity index (χ3v) is 2.82. The van der Waals surface area contributed by atoms with Crippen molar-refractivity contribution in [2.75, 3.05) is 13.1 Å². The molecule has 134 valence electrons. The van der Waals surface area contributed by atoms with Crippen LogP contribution < -0.4 is 16.4 Å². The lowest BCUT2D eigenvalue weighted by Crippen LogP contribution is -2.48. The minimum absolute atomic E-state index is 0.0163. The SMILES string of the molecule is CC(C)(C)OC(=O)N[C@@H](CCCCN)C(=O)NCCCC(=O)O. The number of carboxylic acid groups (broad SMARTS) is 1. The zero-order valence-corrected chi connectivity index (χ0v) is 14.2. The number of hydrogen-bond donors (Lipinski definition) is 4. The molecule has 8 nitrogen and oxygen atoms in total. The number of carbonyl (C=O) groups is 3. The number of rotatable bonds is 10. The molecule has 0 aliphatic rings. The van der Waals surface area contributed by atoms with Crippen molar-refractivity contribution in [2.24, 2.45) is 5.73 Å². The molecule has 0 aromatic rings. The molecule has 0 unspecified atom stereocenters. The van der Waals surface area contributed by atoms with Crippen LogP contribution in [0.15, 0.2) is 0 Å². The molecule has 0 aliphatic carbocycles. The van der Waals surface area contributed by atoms with Gasteiger partial charge in [0.1, 0.15) is 11.6 Å². The number of carboxylic acids is 1. The van der Waals surface area contributed by atoms with Crippen molar-refractivity contribution in [2.45, 2.75) is 64.5 Å². The van der Waals surface area contributed by atoms with Gasteiger partial charge in [0.15, 0.2) is 0 Å². The van der Waals surface area contributed by atoms with Crippen LogP contribution in [0.2, 0.25) is 0 Å². The maximum absolute atomic E-state index is 12.1. The Kier molecular flexibility index (Phi) is 9.96. The summed E-state index contributed by atoms with van der Waals surface area (Å²) in [6.07, 6.45) is 1.55. The minimum atomic E-state index is -0.911. The van der Waals surface area contributed by atoms with Crippen molar-refractivity contribution in [1.29, 1.82) is 0 Å². The highest BCUT2D eigenvalue weighted by Crippen LogP contribution is 2.08. The molecule has 0 saturated heterocycles. The van der Waals surface area contributed by atoms with E-state index in [1.54, 1.807) is 20.8 Å². The molecule has 0 saturated carbocycles. The first kappa shape index (κ1) is 21.2. The van der Waals surface area contributed by atoms with Crippen LogP contribution in [-0.2, 0) is 14.3 Å². The van der Waals surface area contributed by atoms with E-state index in [4.69, 9.17) is 15.6 Å². The van der Waals surface area contributed by atoms with Gasteiger partial charge >= 0.3 is 12.1 Å². The largest absolute Gasteiger partial charge is 0.481 e. The van der Waals surface area contributed by atoms with E-state index in [2.05, 4.69) is 10.6 Å². The maximum atomic E-state index is 12.1. The molecule has 0 aliphatic heterocycles. The number of alkyl carbamates (subject to hydrolysis) is 1. The standard InChI is InChI=1S/C15H29N3O5/c1-15(2,3)23-14(22)18-11(7-4-5-9-16)13(21)17-10-6-8-12(19)20/h11H,4-10,16H2,1-3H3,(H,17,21)(H,18,22)(H,19,20)/t11-/m0/s1. The lowest BCUT2D eigenvalue weighted by Gasteiger charge is -2.23. The van der Waals surface area contributed by atoms with E-state index >= 15 is 0 Å². The fourth-order valence-corrected chi connectivity index (χ4v) is 1.79. The number of amides is 2. The Morgan fingerprint density at radius 2 is 1.83 bits per heavy atom. The fraction of sp³-hybridized carbons (Fsp3) is 0.800. The number of ether oxygens (including phenoxy) is 1. The monoisotopic (exact) mass is 331 g/mol. The van der Waals surface area contributed by atoms with E-state index in [0.717, 1.165) is 6.42 Å². The van der Waals surface area contributed by atoms with Crippen molar-refractivity contribution in [3.63, 3.8) is 0 Å². The van der Waals surface area contributed by atoms with Crippen molar-refractivity contribution < 1.29 is 24.2 Å². The summed E-state index contributed by atoms with van der Waals surface area (Å²) in [5.41, 5.74) is 4.78. The van der Waals surface area contributed by atoms with E-state index < -0.39 is 23.7 Å². The smallest absolute Gasteiger partial charge is 0.408 e. The zero-order chi connectivity index (χ0) is 17.9. The van der Waals surface area contributed by atoms with Crippen molar-refractivity contribution in [3.8, 4) is 0 Å². The van der Waals surface area contributed by atoms with E-state index in [1.807, 2.05) is 0 Å². The van der Waals surface area contributed by atoms with Gasteiger partial charge in [0.25, 0.3) is 0 Å². The van der Waals surface area contributed by atoms with E-state index in [9.17, 15) is 14.4 Å². The number of aliphatic carboxylic acids is 1. The molecular formula is C15H29N3O5. The predicted octanol–water partition coefficient (Wildman–Crippen LogP) is 0.990. The van der Waals surface area contributed by atoms with Crippen LogP contribution in [0.3, 0.4) is 0 Å². The van der Waals surface area contributed by atoms with Gasteiger partial charge in [0, 0.05) is 13.0 Å². The van der Waals surface area contributed by atoms with Crippen LogP contribution in [0.25, 0.3) is 0 Å². The third-order valence-electron chi connectivity index (χ3n) is 2.82. The fourth-order valence-electron chi connectivity index (χ4n) is 1.79. The molecular weight excluding hydrogens is 302 g/mol. The van der Waals surface area contributed by atoms with Crippen LogP contribution in [0.1, 0.15) is 52.9 Å². The summed E-state index contributed by atoms with van der Waals surface area (Å²) in [6.45, 7) is 5.97. The molecule has 0 rings (SSSR count). The average molecular weight is 331 g/mol. The molecule has 0 heterocycles. The van der Waals surface area contributed by atoms with Crippen molar-refractivity contribution >= 4 is 18.0 Å². The van der Waals surface area contributed by atoms with Gasteiger partial charge in [0.2, 0.25) is 5.91 Å². The molecule has 0 aromatic heterocycles. The van der Waals surface area contributed by atoms with Crippen LogP contribution >= 0.6 is 0 Å². The molecule has 0 spiro atoms. The molecule has 1 atom stereocenters. The Balaban J connectivity index is 4.44. The van der Waals surface area contributed by atoms with Gasteiger partial charge in [-0.3, -0.25) is 9.59 Å². The Morgan fingerprint density at radius 1 is 1.17 bits per heavy atom. The Labute approximate surface area is 137 Å². The summed E-state index contributed by atoms with van der Waals surface area (Å²) in [5, 5.41) is 13.7. The van der Waals surface area contributed by atoms with Crippen LogP contribution in [-0.4, -0.2) is 47.8 Å². The van der Waals surface area contributed by atoms with Crippen molar-refractivity contribution in [1.82, 2.24) is 10.6 Å². The number of nitrogens with two attached hydrogens (primary N) is 1. The summed E-state index contributed by atoms with van der Waals surface area (Å²) in [4.78, 5) is 34.4. The number of carbonyl (C=O) groups excluding carboxylic acids is 2. The number of nitrogens with one attached hydrogen (secondary N) is 2. The van der Waals surface area contributed by atoms with E-state index in [0.29, 0.717) is 25.8 Å². The molecule has 0 radical (unpaired) electrons. The van der Waals surface area contributed by atoms with Crippen LogP contribution in [0, 0.1) is 0 Å². The molecule has 0 fully saturated rings. The summed E-state index contributed by atoms with van der Waals surface area (Å²) in [7, 11) is 0. The third kappa shape index (κ3) is 12.4. The predicted molar refractivity (Wildman–Crippen MR) is 85.9 cm³/mol. The number of unbranched alkanes of at least 4 members (excludes halogenated alkanes) is 1. The molecule has 0 bridgehead atoms. The van der Waals surface area contributed by atoms with Crippen LogP contribution in [0.5, 0.6) is 0 Å². The molecule has 23 heavy (non-hydrogen) atoms. The van der Waals surface area contributed by atoms with Gasteiger partial charge < -0.3 is 26.2 Å². The summed E-state index contributed by atoms with van der Waals surface area (Å²) < 4.78 is 5.15. The average Bonchev–Trinajstić information content (AvgIpc) is 2.40. The van der Waals surface area contributed by atoms with Gasteiger partial charge in [-0.05, 0) is 53.0 Å². The Morgan fingerprint density at radius 3 is 2.35 bits per heavy atom. The van der Waals surface area contributed by atoms with Gasteiger partial charge in [-0.15, -0.1) is 0 Å². The summed E-state index contributed by atoms with van der Waals surface area (Å²) in [5.74, 6) is -1.26. The summed E-state index contributed by atoms with van der Waals surface area (Å²) >= 11 is 0. The quantitative estimate of drug-likeness (QED) is 0.442. The van der Waals surface area contributed by atoms with Gasteiger partial charge in [-0.25, -0.2) is 4.79 Å². The Hall–Kier alpha value is -1.83. The molecule has 8 heteroatoms. The highest BCUT2D eigenvalue weighted by Gasteiger charge is 2.23. The maximum Gasteiger partial charge on any atom is 0.408 e. The summed E-state index contributed by atoms with van der Waals surface area (Å²) in [6, 6.07) is -0.721. The second-order valence-electron chi connectivity index (χ2n) is 6.27. The first-order valence-corrected chi connectivity index (χ1v) is 7.85. The topological polar surface area (TPSA) is 131 Å². The van der Waals surface area contributed by atoms with Gasteiger partial charge in [0.05, 0.1) is 0 Å². The van der Waals surface area contributed by atoms with Gasteiger partial charge in [-0.1, -0.05) is 0 Å². The van der Waals surface area contributed by atoms with Crippen LogP contribution in [0.4, 0.5) is 4.79 Å². The van der Waals surface area contributed by atoms with E-state index in [-0.39, 0.29) is 18.9 Å². The second-order valence-corrected chi connectivity index (χ2v) is 6.27. The number of hydrogen-bond acceptors (Lipinski definition) is 5. The Bertz CT molecular complexity index is 393. The van der Waals surface area contributed by atoms with E-state index in [1.165, 1.54) is 0 Å². The minimum Gasteiger partial charge on any atom is -0.481 e. The second kappa shape index (κ2) is 10.8. The lowest BCUT2D eigenvalue weighted by atomic mass is 10.1. The normalized spacial score (nSPS) is 12.3. The van der Waals surface area contributed by atoms with Gasteiger partial charge in [-0.2, -0.15) is 0 Å². The molecule has 5 N–H and O–H groups in total. The lowest BCUT2D eigenvalue weighted by molar-refractivity contribution is -0.137. The highest BCUT2D eigenvalue weighted by atomic mass is 16.6. The first-order valence-electron chi connectivity index (χ1n) is 7.85. The highest BCUT2D eigenvalue weighted by molar-refractivity contribution is 5.85. The first-order chi connectivity index (χ1) is 10.7. The molecule has 0 aromatic carbocycles. The molecule has 2 amide bonds.